The summed E-state index contributed by atoms with van der Waals surface area (Å²) in [5.41, 5.74) is 13.5. The third-order valence-electron chi connectivity index (χ3n) is 4.57. The number of allylic oxidation sites excluding steroid dienone is 1. The number of nitrogens with zero attached hydrogens (tertiary/aromatic N) is 3. The number of benzene rings is 2. The van der Waals surface area contributed by atoms with Crippen LogP contribution in [-0.4, -0.2) is 22.7 Å². The van der Waals surface area contributed by atoms with Gasteiger partial charge in [0, 0.05) is 36.4 Å². The number of anilines is 4. The van der Waals surface area contributed by atoms with E-state index in [4.69, 9.17) is 23.1 Å². The Bertz CT molecular complexity index is 1180. The molecule has 0 aliphatic heterocycles. The van der Waals surface area contributed by atoms with Crippen molar-refractivity contribution in [2.45, 2.75) is 19.8 Å². The smallest absolute Gasteiger partial charge is 0.229 e. The van der Waals surface area contributed by atoms with E-state index in [1.807, 2.05) is 0 Å². The summed E-state index contributed by atoms with van der Waals surface area (Å²) in [6.45, 7) is 2.75. The molecule has 0 fully saturated rings. The lowest BCUT2D eigenvalue weighted by molar-refractivity contribution is 0.628. The summed E-state index contributed by atoms with van der Waals surface area (Å²) in [4.78, 5) is 13.1. The lowest BCUT2D eigenvalue weighted by Gasteiger charge is -2.14. The largest absolute Gasteiger partial charge is 0.403 e. The molecule has 7 nitrogen and oxygen atoms in total. The van der Waals surface area contributed by atoms with Crippen molar-refractivity contribution in [1.29, 1.82) is 0 Å². The molecule has 0 aliphatic carbocycles. The first-order valence-corrected chi connectivity index (χ1v) is 10.6. The van der Waals surface area contributed by atoms with Gasteiger partial charge in [-0.05, 0) is 42.3 Å². The Morgan fingerprint density at radius 1 is 1.18 bits per heavy atom. The second-order valence-corrected chi connectivity index (χ2v) is 7.49. The molecule has 10 heteroatoms. The number of nitrogens with one attached hydrogen (secondary N) is 2. The summed E-state index contributed by atoms with van der Waals surface area (Å²) >= 11 is 5.95. The van der Waals surface area contributed by atoms with E-state index in [0.29, 0.717) is 29.1 Å². The molecule has 1 heterocycles. The summed E-state index contributed by atoms with van der Waals surface area (Å²) in [6, 6.07) is 8.34. The maximum absolute atomic E-state index is 14.4. The minimum atomic E-state index is -0.559. The van der Waals surface area contributed by atoms with Crippen LogP contribution in [0.4, 0.5) is 31.9 Å². The van der Waals surface area contributed by atoms with Crippen molar-refractivity contribution in [3.63, 3.8) is 0 Å². The number of nitrogen functional groups attached to an aromatic ring is 1. The zero-order valence-electron chi connectivity index (χ0n) is 17.9. The van der Waals surface area contributed by atoms with Crippen LogP contribution in [0, 0.1) is 11.6 Å². The highest BCUT2D eigenvalue weighted by Gasteiger charge is 2.14. The van der Waals surface area contributed by atoms with Crippen molar-refractivity contribution >= 4 is 41.0 Å². The van der Waals surface area contributed by atoms with Crippen molar-refractivity contribution in [2.75, 3.05) is 22.9 Å². The Kier molecular flexibility index (Phi) is 8.15. The average Bonchev–Trinajstić information content (AvgIpc) is 2.80. The first kappa shape index (κ1) is 23.9. The molecule has 0 amide bonds. The second kappa shape index (κ2) is 11.2. The van der Waals surface area contributed by atoms with Gasteiger partial charge in [-0.15, -0.1) is 0 Å². The van der Waals surface area contributed by atoms with Crippen LogP contribution in [0.1, 0.15) is 19.8 Å². The lowest BCUT2D eigenvalue weighted by atomic mass is 10.1. The quantitative estimate of drug-likeness (QED) is 0.186. The van der Waals surface area contributed by atoms with Crippen LogP contribution in [0.25, 0.3) is 11.1 Å². The molecule has 172 valence electrons. The lowest BCUT2D eigenvalue weighted by Crippen LogP contribution is -2.09. The fourth-order valence-corrected chi connectivity index (χ4v) is 3.02. The van der Waals surface area contributed by atoms with E-state index in [1.165, 1.54) is 48.8 Å². The molecule has 0 saturated heterocycles. The van der Waals surface area contributed by atoms with Gasteiger partial charge in [0.15, 0.2) is 0 Å². The Morgan fingerprint density at radius 3 is 2.70 bits per heavy atom. The third kappa shape index (κ3) is 6.39. The minimum Gasteiger partial charge on any atom is -0.403 e. The predicted molar refractivity (Wildman–Crippen MR) is 131 cm³/mol. The Hall–Kier alpha value is -3.72. The maximum Gasteiger partial charge on any atom is 0.229 e. The zero-order chi connectivity index (χ0) is 23.8. The number of hydrogen-bond donors (Lipinski definition) is 4. The summed E-state index contributed by atoms with van der Waals surface area (Å²) in [6.07, 6.45) is 6.43. The Morgan fingerprint density at radius 2 is 1.97 bits per heavy atom. The van der Waals surface area contributed by atoms with Gasteiger partial charge in [-0.25, -0.2) is 13.8 Å². The number of halogens is 3. The van der Waals surface area contributed by atoms with Crippen molar-refractivity contribution in [1.82, 2.24) is 9.97 Å². The molecular weight excluding hydrogens is 448 g/mol. The average molecular weight is 472 g/mol. The van der Waals surface area contributed by atoms with Gasteiger partial charge in [0.1, 0.15) is 17.5 Å². The van der Waals surface area contributed by atoms with Crippen molar-refractivity contribution in [3.05, 3.63) is 71.1 Å². The first-order chi connectivity index (χ1) is 15.9. The van der Waals surface area contributed by atoms with Crippen LogP contribution in [0.2, 0.25) is 5.02 Å². The molecule has 0 unspecified atom stereocenters. The molecule has 0 saturated carbocycles. The molecule has 0 aliphatic rings. The van der Waals surface area contributed by atoms with Crippen molar-refractivity contribution < 1.29 is 8.78 Å². The third-order valence-corrected chi connectivity index (χ3v) is 4.86. The van der Waals surface area contributed by atoms with Gasteiger partial charge in [0.2, 0.25) is 5.95 Å². The number of unbranched alkanes of at least 4 members (excludes halogenated alkanes) is 1. The molecular formula is C23H24ClF2N7. The van der Waals surface area contributed by atoms with Gasteiger partial charge < -0.3 is 22.1 Å². The molecule has 2 aromatic carbocycles. The summed E-state index contributed by atoms with van der Waals surface area (Å²) < 4.78 is 28.1. The summed E-state index contributed by atoms with van der Waals surface area (Å²) in [7, 11) is 0. The van der Waals surface area contributed by atoms with Crippen molar-refractivity contribution in [3.8, 4) is 11.1 Å². The van der Waals surface area contributed by atoms with E-state index in [2.05, 4.69) is 32.5 Å². The van der Waals surface area contributed by atoms with Gasteiger partial charge in [-0.1, -0.05) is 31.0 Å². The van der Waals surface area contributed by atoms with Gasteiger partial charge in [-0.2, -0.15) is 4.98 Å². The topological polar surface area (TPSA) is 114 Å². The van der Waals surface area contributed by atoms with E-state index >= 15 is 0 Å². The molecule has 0 bridgehead atoms. The highest BCUT2D eigenvalue weighted by molar-refractivity contribution is 6.31. The standard InChI is InChI=1S/C23H24ClF2N7/c1-2-3-8-29-12-16(11-27)31-23-30-13-17(14-4-6-19(25)18(24)9-14)22(33-23)32-21-10-15(28)5-7-20(21)26/h4-7,9-13H,2-3,8,27-28H2,1H3,(H2,30,31,32,33)/b16-11+,29-12?. The van der Waals surface area contributed by atoms with Gasteiger partial charge >= 0.3 is 0 Å². The predicted octanol–water partition coefficient (Wildman–Crippen LogP) is 5.48. The Balaban J connectivity index is 1.99. The number of aliphatic imine (C=N–C) groups is 1. The fraction of sp³-hybridized carbons (Fsp3) is 0.174. The SMILES string of the molecule is CCCCN=C/C(=C\N)Nc1ncc(-c2ccc(F)c(Cl)c2)c(Nc2cc(N)ccc2F)n1. The molecule has 3 rings (SSSR count). The number of aromatic nitrogens is 2. The number of hydrogen-bond acceptors (Lipinski definition) is 7. The molecule has 0 radical (unpaired) electrons. The first-order valence-electron chi connectivity index (χ1n) is 10.2. The molecule has 33 heavy (non-hydrogen) atoms. The zero-order valence-corrected chi connectivity index (χ0v) is 18.7. The number of nitrogens with two attached hydrogens (primary N) is 2. The van der Waals surface area contributed by atoms with Crippen LogP contribution < -0.4 is 22.1 Å². The van der Waals surface area contributed by atoms with Gasteiger partial charge in [-0.3, -0.25) is 4.99 Å². The summed E-state index contributed by atoms with van der Waals surface area (Å²) in [5.74, 6) is -0.640. The van der Waals surface area contributed by atoms with Crippen LogP contribution >= 0.6 is 11.6 Å². The van der Waals surface area contributed by atoms with Crippen molar-refractivity contribution in [2.24, 2.45) is 10.7 Å². The van der Waals surface area contributed by atoms with E-state index < -0.39 is 11.6 Å². The van der Waals surface area contributed by atoms with E-state index in [-0.39, 0.29) is 22.5 Å². The molecule has 0 atom stereocenters. The maximum atomic E-state index is 14.4. The molecule has 1 aromatic heterocycles. The fourth-order valence-electron chi connectivity index (χ4n) is 2.84. The minimum absolute atomic E-state index is 0.0626. The Labute approximate surface area is 195 Å². The highest BCUT2D eigenvalue weighted by Crippen LogP contribution is 2.32. The number of rotatable bonds is 9. The van der Waals surface area contributed by atoms with E-state index in [1.54, 1.807) is 6.21 Å². The van der Waals surface area contributed by atoms with Crippen LogP contribution in [0.15, 0.2) is 59.5 Å². The summed E-state index contributed by atoms with van der Waals surface area (Å²) in [5, 5.41) is 5.85. The molecule has 0 spiro atoms. The van der Waals surface area contributed by atoms with Gasteiger partial charge in [0.05, 0.1) is 16.4 Å². The highest BCUT2D eigenvalue weighted by atomic mass is 35.5. The van der Waals surface area contributed by atoms with Crippen LogP contribution in [0.5, 0.6) is 0 Å². The molecule has 6 N–H and O–H groups in total. The van der Waals surface area contributed by atoms with E-state index in [0.717, 1.165) is 12.8 Å². The normalized spacial score (nSPS) is 11.7. The van der Waals surface area contributed by atoms with Gasteiger partial charge in [0.25, 0.3) is 0 Å². The molecule has 3 aromatic rings. The van der Waals surface area contributed by atoms with E-state index in [9.17, 15) is 8.78 Å². The van der Waals surface area contributed by atoms with Crippen LogP contribution in [0.3, 0.4) is 0 Å². The second-order valence-electron chi connectivity index (χ2n) is 7.08. The van der Waals surface area contributed by atoms with Crippen LogP contribution in [-0.2, 0) is 0 Å². The monoisotopic (exact) mass is 471 g/mol.